The molecule has 0 fully saturated rings. The predicted molar refractivity (Wildman–Crippen MR) is 61.2 cm³/mol. The van der Waals surface area contributed by atoms with Gasteiger partial charge in [-0.05, 0) is 13.8 Å². The molecular formula is C11H15F2O3P. The Kier molecular flexibility index (Phi) is 4.80. The minimum atomic E-state index is -4.48. The van der Waals surface area contributed by atoms with Crippen molar-refractivity contribution < 1.29 is 22.4 Å². The van der Waals surface area contributed by atoms with E-state index in [1.54, 1.807) is 6.07 Å². The van der Waals surface area contributed by atoms with Crippen LogP contribution in [0.25, 0.3) is 0 Å². The van der Waals surface area contributed by atoms with Gasteiger partial charge in [0.05, 0.1) is 13.2 Å². The lowest BCUT2D eigenvalue weighted by molar-refractivity contribution is 0.0360. The Labute approximate surface area is 99.3 Å². The minimum Gasteiger partial charge on any atom is -0.304 e. The Morgan fingerprint density at radius 2 is 1.59 bits per heavy atom. The summed E-state index contributed by atoms with van der Waals surface area (Å²) >= 11 is 0. The lowest BCUT2D eigenvalue weighted by atomic mass is 10.2. The fraction of sp³-hybridized carbons (Fsp3) is 0.455. The maximum Gasteiger partial charge on any atom is 0.404 e. The summed E-state index contributed by atoms with van der Waals surface area (Å²) in [5, 5.41) is 0. The Morgan fingerprint density at radius 1 is 1.12 bits per heavy atom. The fourth-order valence-corrected chi connectivity index (χ4v) is 2.88. The summed E-state index contributed by atoms with van der Waals surface area (Å²) in [4.78, 5) is 0. The van der Waals surface area contributed by atoms with E-state index >= 15 is 0 Å². The third-order valence-corrected chi connectivity index (χ3v) is 4.21. The highest BCUT2D eigenvalue weighted by Gasteiger charge is 2.54. The maximum absolute atomic E-state index is 14.1. The van der Waals surface area contributed by atoms with Gasteiger partial charge in [0.15, 0.2) is 0 Å². The van der Waals surface area contributed by atoms with Gasteiger partial charge in [0.2, 0.25) is 0 Å². The average molecular weight is 264 g/mol. The van der Waals surface area contributed by atoms with Gasteiger partial charge >= 0.3 is 13.3 Å². The molecule has 1 aromatic rings. The zero-order valence-electron chi connectivity index (χ0n) is 9.73. The lowest BCUT2D eigenvalue weighted by Crippen LogP contribution is -2.18. The van der Waals surface area contributed by atoms with Crippen molar-refractivity contribution in [3.63, 3.8) is 0 Å². The van der Waals surface area contributed by atoms with Crippen molar-refractivity contribution in [2.45, 2.75) is 19.5 Å². The first-order valence-electron chi connectivity index (χ1n) is 5.30. The highest BCUT2D eigenvalue weighted by molar-refractivity contribution is 7.54. The molecule has 0 aliphatic carbocycles. The molecule has 0 radical (unpaired) electrons. The van der Waals surface area contributed by atoms with Crippen LogP contribution in [0.5, 0.6) is 0 Å². The molecule has 0 spiro atoms. The van der Waals surface area contributed by atoms with E-state index in [9.17, 15) is 13.3 Å². The molecule has 96 valence electrons. The van der Waals surface area contributed by atoms with Crippen LogP contribution in [-0.4, -0.2) is 13.2 Å². The SMILES string of the molecule is CCOP(=O)(OCC)C(F)(F)c1ccccc1. The van der Waals surface area contributed by atoms with Gasteiger partial charge in [0, 0.05) is 5.56 Å². The van der Waals surface area contributed by atoms with E-state index in [-0.39, 0.29) is 18.8 Å². The molecule has 0 amide bonds. The van der Waals surface area contributed by atoms with E-state index < -0.39 is 13.3 Å². The van der Waals surface area contributed by atoms with Gasteiger partial charge in [-0.15, -0.1) is 0 Å². The van der Waals surface area contributed by atoms with Crippen LogP contribution in [0.4, 0.5) is 8.78 Å². The summed E-state index contributed by atoms with van der Waals surface area (Å²) in [5.41, 5.74) is -4.01. The van der Waals surface area contributed by atoms with Crippen LogP contribution in [0.2, 0.25) is 0 Å². The van der Waals surface area contributed by atoms with Gasteiger partial charge in [-0.2, -0.15) is 8.78 Å². The normalized spacial score (nSPS) is 12.7. The van der Waals surface area contributed by atoms with Crippen LogP contribution in [0.3, 0.4) is 0 Å². The van der Waals surface area contributed by atoms with E-state index in [4.69, 9.17) is 0 Å². The van der Waals surface area contributed by atoms with Crippen molar-refractivity contribution in [3.05, 3.63) is 35.9 Å². The van der Waals surface area contributed by atoms with Gasteiger partial charge in [0.25, 0.3) is 0 Å². The molecule has 0 aromatic heterocycles. The summed E-state index contributed by atoms with van der Waals surface area (Å²) in [6, 6.07) is 6.90. The van der Waals surface area contributed by atoms with Crippen LogP contribution < -0.4 is 0 Å². The molecule has 6 heteroatoms. The summed E-state index contributed by atoms with van der Waals surface area (Å²) in [6.45, 7) is 2.79. The molecule has 0 atom stereocenters. The first-order chi connectivity index (χ1) is 7.98. The van der Waals surface area contributed by atoms with Crippen LogP contribution in [0.15, 0.2) is 30.3 Å². The van der Waals surface area contributed by atoms with Crippen LogP contribution in [0, 0.1) is 0 Å². The zero-order chi connectivity index (χ0) is 12.9. The molecule has 0 saturated heterocycles. The van der Waals surface area contributed by atoms with Gasteiger partial charge < -0.3 is 9.05 Å². The van der Waals surface area contributed by atoms with Gasteiger partial charge in [0.1, 0.15) is 0 Å². The van der Waals surface area contributed by atoms with Crippen molar-refractivity contribution in [2.75, 3.05) is 13.2 Å². The lowest BCUT2D eigenvalue weighted by Gasteiger charge is -2.25. The Hall–Kier alpha value is -0.770. The first-order valence-corrected chi connectivity index (χ1v) is 6.84. The summed E-state index contributed by atoms with van der Waals surface area (Å²) in [6.07, 6.45) is 0. The molecule has 1 rings (SSSR count). The standard InChI is InChI=1S/C11H15F2O3P/c1-3-15-17(14,16-4-2)11(12,13)10-8-6-5-7-9-10/h5-9H,3-4H2,1-2H3. The molecular weight excluding hydrogens is 249 g/mol. The molecule has 0 heterocycles. The average Bonchev–Trinajstić information content (AvgIpc) is 2.30. The van der Waals surface area contributed by atoms with Crippen LogP contribution >= 0.6 is 7.60 Å². The summed E-state index contributed by atoms with van der Waals surface area (Å²) in [5.74, 6) is 0. The highest BCUT2D eigenvalue weighted by Crippen LogP contribution is 2.66. The molecule has 0 unspecified atom stereocenters. The Bertz CT molecular complexity index is 385. The molecule has 0 aliphatic rings. The second-order valence-electron chi connectivity index (χ2n) is 3.24. The number of hydrogen-bond acceptors (Lipinski definition) is 3. The first kappa shape index (κ1) is 14.3. The predicted octanol–water partition coefficient (Wildman–Crippen LogP) is 4.00. The van der Waals surface area contributed by atoms with Crippen molar-refractivity contribution in [1.82, 2.24) is 0 Å². The van der Waals surface area contributed by atoms with Gasteiger partial charge in [-0.3, -0.25) is 4.57 Å². The van der Waals surface area contributed by atoms with E-state index in [0.717, 1.165) is 0 Å². The quantitative estimate of drug-likeness (QED) is 0.728. The third kappa shape index (κ3) is 2.92. The molecule has 0 bridgehead atoms. The van der Waals surface area contributed by atoms with Crippen molar-refractivity contribution in [2.24, 2.45) is 0 Å². The topological polar surface area (TPSA) is 35.5 Å². The Balaban J connectivity index is 3.13. The fourth-order valence-electron chi connectivity index (χ4n) is 1.34. The van der Waals surface area contributed by atoms with Crippen molar-refractivity contribution in [3.8, 4) is 0 Å². The minimum absolute atomic E-state index is 0.0975. The smallest absolute Gasteiger partial charge is 0.304 e. The van der Waals surface area contributed by atoms with E-state index in [0.29, 0.717) is 0 Å². The van der Waals surface area contributed by atoms with E-state index in [2.05, 4.69) is 9.05 Å². The monoisotopic (exact) mass is 264 g/mol. The second kappa shape index (κ2) is 5.71. The van der Waals surface area contributed by atoms with Crippen LogP contribution in [0.1, 0.15) is 19.4 Å². The number of hydrogen-bond donors (Lipinski definition) is 0. The molecule has 3 nitrogen and oxygen atoms in total. The van der Waals surface area contributed by atoms with E-state index in [1.807, 2.05) is 0 Å². The van der Waals surface area contributed by atoms with Crippen LogP contribution in [-0.2, 0) is 19.3 Å². The number of benzene rings is 1. The molecule has 0 saturated carbocycles. The maximum atomic E-state index is 14.1. The molecule has 17 heavy (non-hydrogen) atoms. The molecule has 0 N–H and O–H groups in total. The highest BCUT2D eigenvalue weighted by atomic mass is 31.2. The van der Waals surface area contributed by atoms with Gasteiger partial charge in [-0.1, -0.05) is 30.3 Å². The Morgan fingerprint density at radius 3 is 2.00 bits per heavy atom. The number of halogens is 2. The summed E-state index contributed by atoms with van der Waals surface area (Å²) in [7, 11) is -4.48. The number of alkyl halides is 2. The second-order valence-corrected chi connectivity index (χ2v) is 5.31. The van der Waals surface area contributed by atoms with Crippen molar-refractivity contribution in [1.29, 1.82) is 0 Å². The largest absolute Gasteiger partial charge is 0.404 e. The van der Waals surface area contributed by atoms with E-state index in [1.165, 1.54) is 38.1 Å². The molecule has 1 aromatic carbocycles. The third-order valence-electron chi connectivity index (χ3n) is 2.06. The zero-order valence-corrected chi connectivity index (χ0v) is 10.6. The molecule has 0 aliphatic heterocycles. The number of rotatable bonds is 6. The summed E-state index contributed by atoms with van der Waals surface area (Å²) < 4.78 is 49.5. The van der Waals surface area contributed by atoms with Crippen molar-refractivity contribution >= 4 is 7.60 Å². The van der Waals surface area contributed by atoms with Gasteiger partial charge in [-0.25, -0.2) is 0 Å².